The van der Waals surface area contributed by atoms with Crippen LogP contribution in [0.15, 0.2) is 39.5 Å². The summed E-state index contributed by atoms with van der Waals surface area (Å²) in [5, 5.41) is 3.48. The number of halogens is 1. The number of rotatable bonds is 3. The molecule has 0 saturated carbocycles. The van der Waals surface area contributed by atoms with Gasteiger partial charge in [0.05, 0.1) is 6.26 Å². The van der Waals surface area contributed by atoms with E-state index in [1.807, 2.05) is 17.9 Å². The Morgan fingerprint density at radius 1 is 1.45 bits per heavy atom. The third-order valence-electron chi connectivity index (χ3n) is 3.90. The number of aromatic nitrogens is 1. The zero-order chi connectivity index (χ0) is 15.5. The number of carbonyl (C=O) groups excluding carboxylic acids is 1. The highest BCUT2D eigenvalue weighted by Crippen LogP contribution is 2.21. The zero-order valence-electron chi connectivity index (χ0n) is 12.4. The molecule has 0 atom stereocenters. The number of furan rings is 1. The molecule has 3 rings (SSSR count). The molecule has 6 heteroatoms. The highest BCUT2D eigenvalue weighted by atomic mass is 79.9. The second-order valence-electron chi connectivity index (χ2n) is 5.51. The Morgan fingerprint density at radius 2 is 2.23 bits per heavy atom. The second kappa shape index (κ2) is 6.52. The number of nitrogens with zero attached hydrogens (tertiary/aromatic N) is 2. The van der Waals surface area contributed by atoms with Gasteiger partial charge in [-0.15, -0.1) is 0 Å². The molecular formula is C16H18BrN3O2. The Kier molecular flexibility index (Phi) is 4.47. The molecule has 1 aliphatic rings. The normalized spacial score (nSPS) is 15.8. The Hall–Kier alpha value is -1.82. The van der Waals surface area contributed by atoms with Crippen molar-refractivity contribution in [1.82, 2.24) is 9.88 Å². The quantitative estimate of drug-likeness (QED) is 0.906. The zero-order valence-corrected chi connectivity index (χ0v) is 14.0. The monoisotopic (exact) mass is 363 g/mol. The number of likely N-dealkylation sites (tertiary alicyclic amines) is 1. The van der Waals surface area contributed by atoms with Crippen LogP contribution >= 0.6 is 15.9 Å². The third kappa shape index (κ3) is 3.32. The predicted molar refractivity (Wildman–Crippen MR) is 87.9 cm³/mol. The molecule has 0 unspecified atom stereocenters. The molecule has 0 spiro atoms. The summed E-state index contributed by atoms with van der Waals surface area (Å²) < 4.78 is 6.16. The lowest BCUT2D eigenvalue weighted by Crippen LogP contribution is -2.42. The summed E-state index contributed by atoms with van der Waals surface area (Å²) >= 11 is 3.42. The third-order valence-corrected chi connectivity index (χ3v) is 4.33. The van der Waals surface area contributed by atoms with Gasteiger partial charge in [0.25, 0.3) is 5.91 Å². The molecule has 2 aromatic rings. The molecule has 1 saturated heterocycles. The Morgan fingerprint density at radius 3 is 2.86 bits per heavy atom. The number of hydrogen-bond donors (Lipinski definition) is 1. The van der Waals surface area contributed by atoms with Gasteiger partial charge in [-0.05, 0) is 59.5 Å². The first-order chi connectivity index (χ1) is 10.6. The maximum absolute atomic E-state index is 12.2. The smallest absolute Gasteiger partial charge is 0.289 e. The van der Waals surface area contributed by atoms with Crippen molar-refractivity contribution in [3.63, 3.8) is 0 Å². The van der Waals surface area contributed by atoms with Gasteiger partial charge in [-0.3, -0.25) is 4.79 Å². The standard InChI is InChI=1S/C16H18BrN3O2/c1-11-9-12(17)10-18-15(11)19-13-4-6-20(7-5-13)16(21)14-3-2-8-22-14/h2-3,8-10,13H,4-7H2,1H3,(H,18,19). The Bertz CT molecular complexity index is 649. The Balaban J connectivity index is 1.56. The fourth-order valence-electron chi connectivity index (χ4n) is 2.67. The first kappa shape index (κ1) is 15.1. The largest absolute Gasteiger partial charge is 0.459 e. The molecular weight excluding hydrogens is 346 g/mol. The van der Waals surface area contributed by atoms with Crippen molar-refractivity contribution in [3.8, 4) is 0 Å². The van der Waals surface area contributed by atoms with Crippen LogP contribution in [0.1, 0.15) is 29.0 Å². The van der Waals surface area contributed by atoms with Crippen molar-refractivity contribution in [2.45, 2.75) is 25.8 Å². The first-order valence-corrected chi connectivity index (χ1v) is 8.14. The SMILES string of the molecule is Cc1cc(Br)cnc1NC1CCN(C(=O)c2ccco2)CC1. The van der Waals surface area contributed by atoms with Crippen LogP contribution < -0.4 is 5.32 Å². The van der Waals surface area contributed by atoms with E-state index in [1.54, 1.807) is 18.3 Å². The summed E-state index contributed by atoms with van der Waals surface area (Å²) in [6, 6.07) is 5.84. The van der Waals surface area contributed by atoms with Gasteiger partial charge in [-0.2, -0.15) is 0 Å². The van der Waals surface area contributed by atoms with Crippen LogP contribution in [0.4, 0.5) is 5.82 Å². The molecule has 1 N–H and O–H groups in total. The van der Waals surface area contributed by atoms with Crippen LogP contribution in [0.2, 0.25) is 0 Å². The lowest BCUT2D eigenvalue weighted by molar-refractivity contribution is 0.0686. The molecule has 116 valence electrons. The second-order valence-corrected chi connectivity index (χ2v) is 6.42. The minimum atomic E-state index is -0.0265. The number of anilines is 1. The summed E-state index contributed by atoms with van der Waals surface area (Å²) in [6.45, 7) is 3.50. The van der Waals surface area contributed by atoms with E-state index in [9.17, 15) is 4.79 Å². The van der Waals surface area contributed by atoms with Gasteiger partial charge in [0.2, 0.25) is 0 Å². The number of nitrogens with one attached hydrogen (secondary N) is 1. The summed E-state index contributed by atoms with van der Waals surface area (Å²) in [5.41, 5.74) is 1.11. The molecule has 5 nitrogen and oxygen atoms in total. The highest BCUT2D eigenvalue weighted by molar-refractivity contribution is 9.10. The molecule has 1 fully saturated rings. The van der Waals surface area contributed by atoms with Crippen molar-refractivity contribution in [1.29, 1.82) is 0 Å². The van der Waals surface area contributed by atoms with Gasteiger partial charge >= 0.3 is 0 Å². The van der Waals surface area contributed by atoms with E-state index in [1.165, 1.54) is 6.26 Å². The maximum Gasteiger partial charge on any atom is 0.289 e. The van der Waals surface area contributed by atoms with Crippen LogP contribution in [0, 0.1) is 6.92 Å². The topological polar surface area (TPSA) is 58.4 Å². The van der Waals surface area contributed by atoms with E-state index in [0.717, 1.165) is 41.8 Å². The fraction of sp³-hybridized carbons (Fsp3) is 0.375. The molecule has 22 heavy (non-hydrogen) atoms. The van der Waals surface area contributed by atoms with Crippen LogP contribution in [0.25, 0.3) is 0 Å². The number of pyridine rings is 1. The van der Waals surface area contributed by atoms with E-state index in [0.29, 0.717) is 11.8 Å². The lowest BCUT2D eigenvalue weighted by Gasteiger charge is -2.32. The minimum Gasteiger partial charge on any atom is -0.459 e. The van der Waals surface area contributed by atoms with Crippen molar-refractivity contribution < 1.29 is 9.21 Å². The molecule has 0 bridgehead atoms. The molecule has 2 aromatic heterocycles. The summed E-state index contributed by atoms with van der Waals surface area (Å²) in [6.07, 6.45) is 5.14. The van der Waals surface area contributed by atoms with Crippen molar-refractivity contribution in [2.75, 3.05) is 18.4 Å². The summed E-state index contributed by atoms with van der Waals surface area (Å²) in [4.78, 5) is 18.5. The van der Waals surface area contributed by atoms with Gasteiger partial charge in [0, 0.05) is 29.8 Å². The first-order valence-electron chi connectivity index (χ1n) is 7.35. The van der Waals surface area contributed by atoms with Gasteiger partial charge in [0.1, 0.15) is 5.82 Å². The average molecular weight is 364 g/mol. The van der Waals surface area contributed by atoms with E-state index in [-0.39, 0.29) is 5.91 Å². The van der Waals surface area contributed by atoms with E-state index < -0.39 is 0 Å². The molecule has 1 aliphatic heterocycles. The van der Waals surface area contributed by atoms with Crippen molar-refractivity contribution in [2.24, 2.45) is 0 Å². The minimum absolute atomic E-state index is 0.0265. The number of amides is 1. The van der Waals surface area contributed by atoms with Crippen molar-refractivity contribution >= 4 is 27.7 Å². The van der Waals surface area contributed by atoms with Gasteiger partial charge in [0.15, 0.2) is 5.76 Å². The van der Waals surface area contributed by atoms with E-state index in [4.69, 9.17) is 4.42 Å². The lowest BCUT2D eigenvalue weighted by atomic mass is 10.0. The number of piperidine rings is 1. The van der Waals surface area contributed by atoms with Crippen LogP contribution in [-0.4, -0.2) is 34.9 Å². The molecule has 0 radical (unpaired) electrons. The average Bonchev–Trinajstić information content (AvgIpc) is 3.04. The summed E-state index contributed by atoms with van der Waals surface area (Å²) in [5.74, 6) is 1.30. The molecule has 1 amide bonds. The summed E-state index contributed by atoms with van der Waals surface area (Å²) in [7, 11) is 0. The van der Waals surface area contributed by atoms with Crippen LogP contribution in [0.5, 0.6) is 0 Å². The molecule has 0 aliphatic carbocycles. The van der Waals surface area contributed by atoms with Crippen LogP contribution in [-0.2, 0) is 0 Å². The predicted octanol–water partition coefficient (Wildman–Crippen LogP) is 3.46. The number of carbonyl (C=O) groups is 1. The van der Waals surface area contributed by atoms with Gasteiger partial charge in [-0.25, -0.2) is 4.98 Å². The molecule has 0 aromatic carbocycles. The molecule has 3 heterocycles. The van der Waals surface area contributed by atoms with Gasteiger partial charge < -0.3 is 14.6 Å². The van der Waals surface area contributed by atoms with E-state index >= 15 is 0 Å². The number of aryl methyl sites for hydroxylation is 1. The van der Waals surface area contributed by atoms with E-state index in [2.05, 4.69) is 26.2 Å². The Labute approximate surface area is 137 Å². The van der Waals surface area contributed by atoms with Crippen molar-refractivity contribution in [3.05, 3.63) is 46.5 Å². The van der Waals surface area contributed by atoms with Crippen LogP contribution in [0.3, 0.4) is 0 Å². The number of hydrogen-bond acceptors (Lipinski definition) is 4. The highest BCUT2D eigenvalue weighted by Gasteiger charge is 2.25. The maximum atomic E-state index is 12.2. The fourth-order valence-corrected chi connectivity index (χ4v) is 3.11. The van der Waals surface area contributed by atoms with Gasteiger partial charge in [-0.1, -0.05) is 0 Å².